The lowest BCUT2D eigenvalue weighted by Gasteiger charge is -2.31. The number of aryl methyl sites for hydroxylation is 1. The highest BCUT2D eigenvalue weighted by Crippen LogP contribution is 2.22. The number of Topliss-reactive ketones (excluding diaryl/α,β-unsaturated/α-hetero) is 1. The molecule has 2 aromatic carbocycles. The summed E-state index contributed by atoms with van der Waals surface area (Å²) >= 11 is 5.88. The second kappa shape index (κ2) is 8.30. The number of nitrogens with zero attached hydrogens (tertiary/aromatic N) is 1. The van der Waals surface area contributed by atoms with Crippen LogP contribution in [-0.2, 0) is 11.2 Å². The number of hydrogen-bond donors (Lipinski definition) is 0. The normalized spacial score (nSPS) is 15.2. The number of amides is 1. The summed E-state index contributed by atoms with van der Waals surface area (Å²) in [5.74, 6) is 0.400. The highest BCUT2D eigenvalue weighted by Gasteiger charge is 2.27. The Morgan fingerprint density at radius 1 is 0.960 bits per heavy atom. The number of halogens is 1. The van der Waals surface area contributed by atoms with Crippen molar-refractivity contribution in [3.63, 3.8) is 0 Å². The quantitative estimate of drug-likeness (QED) is 0.746. The van der Waals surface area contributed by atoms with Crippen LogP contribution >= 0.6 is 11.6 Å². The van der Waals surface area contributed by atoms with Gasteiger partial charge in [0, 0.05) is 36.0 Å². The van der Waals surface area contributed by atoms with Crippen LogP contribution in [-0.4, -0.2) is 29.7 Å². The summed E-state index contributed by atoms with van der Waals surface area (Å²) in [7, 11) is 0. The molecule has 1 aliphatic heterocycles. The molecule has 1 saturated heterocycles. The molecule has 1 aliphatic rings. The van der Waals surface area contributed by atoms with Crippen molar-refractivity contribution in [2.75, 3.05) is 13.1 Å². The van der Waals surface area contributed by atoms with Gasteiger partial charge in [0.25, 0.3) is 0 Å². The van der Waals surface area contributed by atoms with Crippen LogP contribution in [0.4, 0.5) is 0 Å². The van der Waals surface area contributed by atoms with E-state index >= 15 is 0 Å². The van der Waals surface area contributed by atoms with Gasteiger partial charge in [-0.3, -0.25) is 9.59 Å². The summed E-state index contributed by atoms with van der Waals surface area (Å²) in [6.45, 7) is 1.34. The van der Waals surface area contributed by atoms with Gasteiger partial charge in [0.05, 0.1) is 0 Å². The molecule has 0 saturated carbocycles. The molecule has 0 bridgehead atoms. The van der Waals surface area contributed by atoms with Crippen LogP contribution in [0.3, 0.4) is 0 Å². The topological polar surface area (TPSA) is 37.4 Å². The first-order chi connectivity index (χ1) is 12.1. The van der Waals surface area contributed by atoms with Gasteiger partial charge in [-0.25, -0.2) is 0 Å². The molecule has 3 nitrogen and oxygen atoms in total. The fourth-order valence-electron chi connectivity index (χ4n) is 3.29. The van der Waals surface area contributed by atoms with Crippen molar-refractivity contribution in [2.24, 2.45) is 5.92 Å². The molecule has 0 aliphatic carbocycles. The van der Waals surface area contributed by atoms with Gasteiger partial charge in [-0.2, -0.15) is 0 Å². The molecule has 130 valence electrons. The predicted octanol–water partition coefficient (Wildman–Crippen LogP) is 4.39. The summed E-state index contributed by atoms with van der Waals surface area (Å²) in [5, 5.41) is 0.709. The van der Waals surface area contributed by atoms with Crippen molar-refractivity contribution < 1.29 is 9.59 Å². The number of rotatable bonds is 5. The predicted molar refractivity (Wildman–Crippen MR) is 99.8 cm³/mol. The molecule has 0 radical (unpaired) electrons. The molecule has 0 N–H and O–H groups in total. The molecule has 0 spiro atoms. The van der Waals surface area contributed by atoms with Gasteiger partial charge >= 0.3 is 0 Å². The molecule has 1 heterocycles. The van der Waals surface area contributed by atoms with Gasteiger partial charge in [-0.1, -0.05) is 54.1 Å². The standard InChI is InChI=1S/C21H22ClNO2/c22-19-9-6-16(7-10-19)8-11-20(24)23-14-12-18(13-15-23)21(25)17-4-2-1-3-5-17/h1-7,9-10,18H,8,11-15H2. The van der Waals surface area contributed by atoms with Crippen molar-refractivity contribution in [1.29, 1.82) is 0 Å². The minimum absolute atomic E-state index is 0.0303. The average Bonchev–Trinajstić information content (AvgIpc) is 2.67. The maximum atomic E-state index is 12.5. The number of carbonyl (C=O) groups is 2. The lowest BCUT2D eigenvalue weighted by molar-refractivity contribution is -0.132. The minimum atomic E-state index is 0.0303. The second-order valence-corrected chi connectivity index (χ2v) is 6.95. The van der Waals surface area contributed by atoms with E-state index in [1.807, 2.05) is 59.5 Å². The van der Waals surface area contributed by atoms with E-state index in [2.05, 4.69) is 0 Å². The van der Waals surface area contributed by atoms with E-state index in [9.17, 15) is 9.59 Å². The van der Waals surface area contributed by atoms with Crippen molar-refractivity contribution >= 4 is 23.3 Å². The number of piperidine rings is 1. The summed E-state index contributed by atoms with van der Waals surface area (Å²) in [4.78, 5) is 26.8. The Labute approximate surface area is 153 Å². The van der Waals surface area contributed by atoms with E-state index in [-0.39, 0.29) is 17.6 Å². The van der Waals surface area contributed by atoms with Gasteiger partial charge in [0.1, 0.15) is 0 Å². The molecule has 25 heavy (non-hydrogen) atoms. The summed E-state index contributed by atoms with van der Waals surface area (Å²) in [6.07, 6.45) is 2.72. The van der Waals surface area contributed by atoms with Crippen LogP contribution in [0, 0.1) is 5.92 Å². The third-order valence-electron chi connectivity index (χ3n) is 4.82. The highest BCUT2D eigenvalue weighted by atomic mass is 35.5. The lowest BCUT2D eigenvalue weighted by atomic mass is 9.89. The molecule has 1 fully saturated rings. The van der Waals surface area contributed by atoms with E-state index in [0.29, 0.717) is 24.5 Å². The third-order valence-corrected chi connectivity index (χ3v) is 5.07. The van der Waals surface area contributed by atoms with Crippen molar-refractivity contribution in [3.8, 4) is 0 Å². The van der Waals surface area contributed by atoms with Crippen molar-refractivity contribution in [3.05, 3.63) is 70.7 Å². The number of hydrogen-bond acceptors (Lipinski definition) is 2. The van der Waals surface area contributed by atoms with Crippen LogP contribution in [0.5, 0.6) is 0 Å². The molecule has 1 amide bonds. The van der Waals surface area contributed by atoms with Gasteiger partial charge in [-0.15, -0.1) is 0 Å². The highest BCUT2D eigenvalue weighted by molar-refractivity contribution is 6.30. The van der Waals surface area contributed by atoms with E-state index in [1.54, 1.807) is 0 Å². The zero-order valence-corrected chi connectivity index (χ0v) is 14.9. The first-order valence-corrected chi connectivity index (χ1v) is 9.13. The van der Waals surface area contributed by atoms with E-state index in [0.717, 1.165) is 30.4 Å². The van der Waals surface area contributed by atoms with Gasteiger partial charge in [0.2, 0.25) is 5.91 Å². The Morgan fingerprint density at radius 3 is 2.24 bits per heavy atom. The molecule has 4 heteroatoms. The number of likely N-dealkylation sites (tertiary alicyclic amines) is 1. The largest absolute Gasteiger partial charge is 0.343 e. The summed E-state index contributed by atoms with van der Waals surface area (Å²) in [5.41, 5.74) is 1.89. The van der Waals surface area contributed by atoms with Crippen LogP contribution < -0.4 is 0 Å². The second-order valence-electron chi connectivity index (χ2n) is 6.51. The molecule has 0 unspecified atom stereocenters. The SMILES string of the molecule is O=C(c1ccccc1)C1CCN(C(=O)CCc2ccc(Cl)cc2)CC1. The zero-order chi connectivity index (χ0) is 17.6. The first-order valence-electron chi connectivity index (χ1n) is 8.75. The van der Waals surface area contributed by atoms with Gasteiger partial charge < -0.3 is 4.90 Å². The van der Waals surface area contributed by atoms with Crippen LogP contribution in [0.15, 0.2) is 54.6 Å². The fraction of sp³-hybridized carbons (Fsp3) is 0.333. The smallest absolute Gasteiger partial charge is 0.222 e. The Kier molecular flexibility index (Phi) is 5.87. The Hall–Kier alpha value is -2.13. The minimum Gasteiger partial charge on any atom is -0.343 e. The molecular formula is C21H22ClNO2. The number of benzene rings is 2. The Morgan fingerprint density at radius 2 is 1.60 bits per heavy atom. The van der Waals surface area contributed by atoms with E-state index < -0.39 is 0 Å². The summed E-state index contributed by atoms with van der Waals surface area (Å²) < 4.78 is 0. The van der Waals surface area contributed by atoms with Gasteiger partial charge in [0.15, 0.2) is 5.78 Å². The molecule has 2 aromatic rings. The fourth-order valence-corrected chi connectivity index (χ4v) is 3.42. The van der Waals surface area contributed by atoms with E-state index in [1.165, 1.54) is 0 Å². The Balaban J connectivity index is 1.47. The maximum Gasteiger partial charge on any atom is 0.222 e. The zero-order valence-electron chi connectivity index (χ0n) is 14.2. The number of ketones is 1. The molecule has 0 aromatic heterocycles. The van der Waals surface area contributed by atoms with Crippen LogP contribution in [0.2, 0.25) is 5.02 Å². The number of carbonyl (C=O) groups excluding carboxylic acids is 2. The van der Waals surface area contributed by atoms with Crippen LogP contribution in [0.25, 0.3) is 0 Å². The molecule has 0 atom stereocenters. The van der Waals surface area contributed by atoms with Gasteiger partial charge in [-0.05, 0) is 37.0 Å². The summed E-state index contributed by atoms with van der Waals surface area (Å²) in [6, 6.07) is 17.0. The maximum absolute atomic E-state index is 12.5. The lowest BCUT2D eigenvalue weighted by Crippen LogP contribution is -2.40. The van der Waals surface area contributed by atoms with Crippen molar-refractivity contribution in [2.45, 2.75) is 25.7 Å². The van der Waals surface area contributed by atoms with Crippen molar-refractivity contribution in [1.82, 2.24) is 4.90 Å². The molecular weight excluding hydrogens is 334 g/mol. The first kappa shape index (κ1) is 17.7. The average molecular weight is 356 g/mol. The molecule has 3 rings (SSSR count). The Bertz CT molecular complexity index is 719. The van der Waals surface area contributed by atoms with E-state index in [4.69, 9.17) is 11.6 Å². The van der Waals surface area contributed by atoms with Crippen LogP contribution in [0.1, 0.15) is 35.2 Å². The third kappa shape index (κ3) is 4.70. The monoisotopic (exact) mass is 355 g/mol.